The first-order chi connectivity index (χ1) is 9.72. The van der Waals surface area contributed by atoms with Gasteiger partial charge in [0.05, 0.1) is 13.2 Å². The van der Waals surface area contributed by atoms with Crippen LogP contribution in [0.5, 0.6) is 11.5 Å². The molecular formula is C16H16BrNO2. The molecule has 2 aromatic rings. The van der Waals surface area contributed by atoms with Crippen LogP contribution in [-0.4, -0.2) is 13.2 Å². The molecule has 0 saturated heterocycles. The summed E-state index contributed by atoms with van der Waals surface area (Å²) in [6.45, 7) is 1.38. The molecule has 3 rings (SSSR count). The summed E-state index contributed by atoms with van der Waals surface area (Å²) in [6, 6.07) is 13.8. The van der Waals surface area contributed by atoms with Gasteiger partial charge in [-0.05, 0) is 24.6 Å². The average Bonchev–Trinajstić information content (AvgIpc) is 2.44. The van der Waals surface area contributed by atoms with Crippen molar-refractivity contribution in [3.63, 3.8) is 0 Å². The molecule has 0 bridgehead atoms. The minimum atomic E-state index is 0.361. The lowest BCUT2D eigenvalue weighted by atomic mass is 9.94. The van der Waals surface area contributed by atoms with Gasteiger partial charge in [-0.1, -0.05) is 34.1 Å². The summed E-state index contributed by atoms with van der Waals surface area (Å²) in [5, 5.41) is 0. The lowest BCUT2D eigenvalue weighted by Gasteiger charge is -2.25. The molecule has 104 valence electrons. The van der Waals surface area contributed by atoms with Crippen molar-refractivity contribution in [2.24, 2.45) is 0 Å². The molecule has 0 saturated carbocycles. The fourth-order valence-corrected chi connectivity index (χ4v) is 2.94. The second-order valence-corrected chi connectivity index (χ2v) is 5.82. The van der Waals surface area contributed by atoms with Crippen LogP contribution < -0.4 is 15.2 Å². The van der Waals surface area contributed by atoms with Gasteiger partial charge in [0.25, 0.3) is 0 Å². The van der Waals surface area contributed by atoms with Gasteiger partial charge in [-0.15, -0.1) is 0 Å². The molecule has 1 aliphatic rings. The number of hydrogen-bond donors (Lipinski definition) is 1. The van der Waals surface area contributed by atoms with E-state index in [1.54, 1.807) is 0 Å². The zero-order valence-corrected chi connectivity index (χ0v) is 12.6. The quantitative estimate of drug-likeness (QED) is 0.864. The molecule has 4 heteroatoms. The first-order valence-electron chi connectivity index (χ1n) is 6.63. The Bertz CT molecular complexity index is 595. The van der Waals surface area contributed by atoms with E-state index in [4.69, 9.17) is 15.2 Å². The van der Waals surface area contributed by atoms with Crippen molar-refractivity contribution in [2.45, 2.75) is 12.3 Å². The Kier molecular flexibility index (Phi) is 3.83. The van der Waals surface area contributed by atoms with Crippen LogP contribution in [0.15, 0.2) is 46.9 Å². The number of rotatable bonds is 3. The number of para-hydroxylation sites is 1. The third-order valence-electron chi connectivity index (χ3n) is 3.43. The largest absolute Gasteiger partial charge is 0.493 e. The fraction of sp³-hybridized carbons (Fsp3) is 0.250. The second kappa shape index (κ2) is 5.75. The number of hydrogen-bond acceptors (Lipinski definition) is 3. The Hall–Kier alpha value is -1.68. The highest BCUT2D eigenvalue weighted by Gasteiger charge is 2.21. The number of nitrogens with two attached hydrogens (primary N) is 1. The van der Waals surface area contributed by atoms with Crippen LogP contribution in [-0.2, 0) is 0 Å². The highest BCUT2D eigenvalue weighted by Crippen LogP contribution is 2.34. The van der Waals surface area contributed by atoms with Crippen molar-refractivity contribution in [1.82, 2.24) is 0 Å². The number of ether oxygens (including phenoxy) is 2. The van der Waals surface area contributed by atoms with Crippen molar-refractivity contribution >= 4 is 21.6 Å². The minimum absolute atomic E-state index is 0.361. The zero-order valence-electron chi connectivity index (χ0n) is 11.0. The topological polar surface area (TPSA) is 44.5 Å². The smallest absolute Gasteiger partial charge is 0.122 e. The van der Waals surface area contributed by atoms with E-state index in [-0.39, 0.29) is 0 Å². The Balaban J connectivity index is 1.73. The second-order valence-electron chi connectivity index (χ2n) is 4.90. The summed E-state index contributed by atoms with van der Waals surface area (Å²) >= 11 is 3.42. The SMILES string of the molecule is Nc1cc(Br)cc(OCC2CCOc3ccccc32)c1. The predicted octanol–water partition coefficient (Wildman–Crippen LogP) is 3.98. The van der Waals surface area contributed by atoms with Crippen LogP contribution in [0, 0.1) is 0 Å². The molecule has 1 atom stereocenters. The Morgan fingerprint density at radius 3 is 2.95 bits per heavy atom. The number of anilines is 1. The van der Waals surface area contributed by atoms with Gasteiger partial charge in [-0.3, -0.25) is 0 Å². The summed E-state index contributed by atoms with van der Waals surface area (Å²) < 4.78 is 12.5. The van der Waals surface area contributed by atoms with Gasteiger partial charge in [0.15, 0.2) is 0 Å². The van der Waals surface area contributed by atoms with Crippen LogP contribution >= 0.6 is 15.9 Å². The van der Waals surface area contributed by atoms with Gasteiger partial charge in [0.1, 0.15) is 11.5 Å². The molecule has 1 heterocycles. The van der Waals surface area contributed by atoms with Gasteiger partial charge < -0.3 is 15.2 Å². The standard InChI is InChI=1S/C16H16BrNO2/c17-12-7-13(18)9-14(8-12)20-10-11-5-6-19-16-4-2-1-3-15(11)16/h1-4,7-9,11H,5-6,10,18H2. The van der Waals surface area contributed by atoms with E-state index in [1.807, 2.05) is 36.4 Å². The average molecular weight is 334 g/mol. The number of halogens is 1. The molecule has 0 spiro atoms. The summed E-state index contributed by atoms with van der Waals surface area (Å²) in [5.41, 5.74) is 7.73. The first kappa shape index (κ1) is 13.3. The van der Waals surface area contributed by atoms with Crippen LogP contribution in [0.1, 0.15) is 17.9 Å². The summed E-state index contributed by atoms with van der Waals surface area (Å²) in [6.07, 6.45) is 0.973. The van der Waals surface area contributed by atoms with E-state index in [1.165, 1.54) is 5.56 Å². The lowest BCUT2D eigenvalue weighted by molar-refractivity contribution is 0.217. The maximum atomic E-state index is 5.90. The molecule has 0 amide bonds. The molecule has 0 radical (unpaired) electrons. The highest BCUT2D eigenvalue weighted by atomic mass is 79.9. The predicted molar refractivity (Wildman–Crippen MR) is 83.3 cm³/mol. The van der Waals surface area contributed by atoms with Crippen molar-refractivity contribution in [3.05, 3.63) is 52.5 Å². The Morgan fingerprint density at radius 2 is 2.10 bits per heavy atom. The Labute approximate surface area is 126 Å². The van der Waals surface area contributed by atoms with Crippen molar-refractivity contribution < 1.29 is 9.47 Å². The monoisotopic (exact) mass is 333 g/mol. The number of nitrogen functional groups attached to an aromatic ring is 1. The fourth-order valence-electron chi connectivity index (χ4n) is 2.45. The van der Waals surface area contributed by atoms with Crippen LogP contribution in [0.2, 0.25) is 0 Å². The van der Waals surface area contributed by atoms with Crippen molar-refractivity contribution in [3.8, 4) is 11.5 Å². The van der Waals surface area contributed by atoms with Gasteiger partial charge in [0.2, 0.25) is 0 Å². The molecule has 2 aromatic carbocycles. The molecular weight excluding hydrogens is 318 g/mol. The van der Waals surface area contributed by atoms with Crippen LogP contribution in [0.4, 0.5) is 5.69 Å². The molecule has 1 unspecified atom stereocenters. The number of fused-ring (bicyclic) bond motifs is 1. The van der Waals surface area contributed by atoms with Gasteiger partial charge in [0, 0.05) is 27.7 Å². The van der Waals surface area contributed by atoms with E-state index in [0.29, 0.717) is 18.2 Å². The summed E-state index contributed by atoms with van der Waals surface area (Å²) in [5.74, 6) is 2.13. The minimum Gasteiger partial charge on any atom is -0.493 e. The molecule has 20 heavy (non-hydrogen) atoms. The van der Waals surface area contributed by atoms with Crippen molar-refractivity contribution in [1.29, 1.82) is 0 Å². The molecule has 2 N–H and O–H groups in total. The van der Waals surface area contributed by atoms with E-state index in [9.17, 15) is 0 Å². The summed E-state index contributed by atoms with van der Waals surface area (Å²) in [7, 11) is 0. The third kappa shape index (κ3) is 2.90. The van der Waals surface area contributed by atoms with E-state index >= 15 is 0 Å². The third-order valence-corrected chi connectivity index (χ3v) is 3.89. The molecule has 0 fully saturated rings. The maximum absolute atomic E-state index is 5.90. The van der Waals surface area contributed by atoms with E-state index in [0.717, 1.165) is 29.0 Å². The Morgan fingerprint density at radius 1 is 1.25 bits per heavy atom. The van der Waals surface area contributed by atoms with E-state index in [2.05, 4.69) is 22.0 Å². The normalized spacial score (nSPS) is 17.1. The molecule has 1 aliphatic heterocycles. The molecule has 3 nitrogen and oxygen atoms in total. The van der Waals surface area contributed by atoms with Crippen LogP contribution in [0.3, 0.4) is 0 Å². The van der Waals surface area contributed by atoms with E-state index < -0.39 is 0 Å². The summed E-state index contributed by atoms with van der Waals surface area (Å²) in [4.78, 5) is 0. The van der Waals surface area contributed by atoms with Gasteiger partial charge in [-0.2, -0.15) is 0 Å². The lowest BCUT2D eigenvalue weighted by Crippen LogP contribution is -2.19. The maximum Gasteiger partial charge on any atom is 0.122 e. The van der Waals surface area contributed by atoms with Crippen molar-refractivity contribution in [2.75, 3.05) is 18.9 Å². The van der Waals surface area contributed by atoms with Gasteiger partial charge >= 0.3 is 0 Å². The highest BCUT2D eigenvalue weighted by molar-refractivity contribution is 9.10. The molecule has 0 aliphatic carbocycles. The molecule has 0 aromatic heterocycles. The number of benzene rings is 2. The first-order valence-corrected chi connectivity index (χ1v) is 7.42. The zero-order chi connectivity index (χ0) is 13.9. The van der Waals surface area contributed by atoms with Crippen LogP contribution in [0.25, 0.3) is 0 Å². The van der Waals surface area contributed by atoms with Gasteiger partial charge in [-0.25, -0.2) is 0 Å².